The highest BCUT2D eigenvalue weighted by Crippen LogP contribution is 2.36. The fourth-order valence-corrected chi connectivity index (χ4v) is 1.87. The minimum absolute atomic E-state index is 0.350. The van der Waals surface area contributed by atoms with Crippen LogP contribution < -0.4 is 4.74 Å². The molecule has 0 atom stereocenters. The van der Waals surface area contributed by atoms with Crippen LogP contribution in [0.5, 0.6) is 5.75 Å². The first-order valence-electron chi connectivity index (χ1n) is 4.81. The van der Waals surface area contributed by atoms with E-state index < -0.39 is 0 Å². The number of methoxy groups -OCH3 is 1. The topological polar surface area (TPSA) is 9.23 Å². The second-order valence-corrected chi connectivity index (χ2v) is 3.70. The Morgan fingerprint density at radius 3 is 2.50 bits per heavy atom. The smallest absolute Gasteiger partial charge is 0.132 e. The zero-order chi connectivity index (χ0) is 11.5. The quantitative estimate of drug-likeness (QED) is 0.761. The van der Waals surface area contributed by atoms with E-state index in [0.29, 0.717) is 21.9 Å². The minimum atomic E-state index is -0.350. The summed E-state index contributed by atoms with van der Waals surface area (Å²) in [4.78, 5) is 0. The number of benzene rings is 2. The molecule has 0 fully saturated rings. The predicted molar refractivity (Wildman–Crippen MR) is 63.4 cm³/mol. The molecule has 0 saturated carbocycles. The van der Waals surface area contributed by atoms with Gasteiger partial charge in [0.15, 0.2) is 0 Å². The molecule has 2 aromatic carbocycles. The van der Waals surface area contributed by atoms with Crippen LogP contribution in [0.4, 0.5) is 4.39 Å². The fourth-order valence-electron chi connectivity index (χ4n) is 1.61. The fraction of sp³-hybridized carbons (Fsp3) is 0.0769. The lowest BCUT2D eigenvalue weighted by atomic mass is 10.0. The average molecular weight is 237 g/mol. The van der Waals surface area contributed by atoms with Gasteiger partial charge in [-0.3, -0.25) is 0 Å². The standard InChI is InChI=1S/C13H10ClFO/c1-16-12-8-3-2-5-9(12)13-10(14)6-4-7-11(13)15/h2-8H,1H3. The SMILES string of the molecule is COc1ccccc1-c1c(F)cccc1Cl. The molecule has 82 valence electrons. The average Bonchev–Trinajstić information content (AvgIpc) is 2.29. The first kappa shape index (κ1) is 11.0. The van der Waals surface area contributed by atoms with E-state index in [0.717, 1.165) is 0 Å². The molecule has 0 amide bonds. The summed E-state index contributed by atoms with van der Waals surface area (Å²) in [5, 5.41) is 0.379. The number of rotatable bonds is 2. The van der Waals surface area contributed by atoms with Crippen molar-refractivity contribution in [1.82, 2.24) is 0 Å². The van der Waals surface area contributed by atoms with Gasteiger partial charge in [-0.05, 0) is 18.2 Å². The van der Waals surface area contributed by atoms with Crippen LogP contribution in [0.3, 0.4) is 0 Å². The molecule has 0 unspecified atom stereocenters. The van der Waals surface area contributed by atoms with Crippen LogP contribution in [-0.4, -0.2) is 7.11 Å². The maximum Gasteiger partial charge on any atom is 0.132 e. The maximum atomic E-state index is 13.7. The van der Waals surface area contributed by atoms with Crippen molar-refractivity contribution in [1.29, 1.82) is 0 Å². The Morgan fingerprint density at radius 2 is 1.81 bits per heavy atom. The molecule has 0 aliphatic heterocycles. The third kappa shape index (κ3) is 1.89. The van der Waals surface area contributed by atoms with Crippen LogP contribution in [0.15, 0.2) is 42.5 Å². The Labute approximate surface area is 98.4 Å². The molecule has 0 N–H and O–H groups in total. The van der Waals surface area contributed by atoms with E-state index in [9.17, 15) is 4.39 Å². The Balaban J connectivity index is 2.67. The van der Waals surface area contributed by atoms with Gasteiger partial charge in [0, 0.05) is 11.1 Å². The highest BCUT2D eigenvalue weighted by Gasteiger charge is 2.13. The van der Waals surface area contributed by atoms with Gasteiger partial charge in [-0.2, -0.15) is 0 Å². The lowest BCUT2D eigenvalue weighted by molar-refractivity contribution is 0.416. The molecule has 3 heteroatoms. The van der Waals surface area contributed by atoms with Crippen molar-refractivity contribution in [3.05, 3.63) is 53.3 Å². The monoisotopic (exact) mass is 236 g/mol. The van der Waals surface area contributed by atoms with E-state index in [1.807, 2.05) is 12.1 Å². The second kappa shape index (κ2) is 4.54. The van der Waals surface area contributed by atoms with Crippen LogP contribution in [0.25, 0.3) is 11.1 Å². The zero-order valence-electron chi connectivity index (χ0n) is 8.71. The van der Waals surface area contributed by atoms with Crippen LogP contribution in [0.2, 0.25) is 5.02 Å². The Bertz CT molecular complexity index is 491. The van der Waals surface area contributed by atoms with Gasteiger partial charge in [0.05, 0.1) is 12.1 Å². The van der Waals surface area contributed by atoms with E-state index in [2.05, 4.69) is 0 Å². The molecule has 0 radical (unpaired) electrons. The van der Waals surface area contributed by atoms with Crippen LogP contribution in [0.1, 0.15) is 0 Å². The number of hydrogen-bond acceptors (Lipinski definition) is 1. The summed E-state index contributed by atoms with van der Waals surface area (Å²) < 4.78 is 18.9. The number of halogens is 2. The molecular weight excluding hydrogens is 227 g/mol. The Hall–Kier alpha value is -1.54. The summed E-state index contributed by atoms with van der Waals surface area (Å²) >= 11 is 6.00. The van der Waals surface area contributed by atoms with Gasteiger partial charge < -0.3 is 4.74 Å². The zero-order valence-corrected chi connectivity index (χ0v) is 9.46. The van der Waals surface area contributed by atoms with Gasteiger partial charge in [-0.15, -0.1) is 0 Å². The summed E-state index contributed by atoms with van der Waals surface area (Å²) in [5.74, 6) is 0.256. The highest BCUT2D eigenvalue weighted by molar-refractivity contribution is 6.33. The lowest BCUT2D eigenvalue weighted by Crippen LogP contribution is -1.90. The summed E-state index contributed by atoms with van der Waals surface area (Å²) in [6.45, 7) is 0. The molecule has 2 rings (SSSR count). The normalized spacial score (nSPS) is 10.2. The van der Waals surface area contributed by atoms with E-state index in [-0.39, 0.29) is 5.82 Å². The largest absolute Gasteiger partial charge is 0.496 e. The molecule has 0 heterocycles. The first-order chi connectivity index (χ1) is 7.74. The van der Waals surface area contributed by atoms with Gasteiger partial charge in [-0.25, -0.2) is 4.39 Å². The Kier molecular flexibility index (Phi) is 3.11. The van der Waals surface area contributed by atoms with E-state index in [1.165, 1.54) is 6.07 Å². The summed E-state index contributed by atoms with van der Waals surface area (Å²) in [5.41, 5.74) is 1.04. The van der Waals surface area contributed by atoms with Gasteiger partial charge >= 0.3 is 0 Å². The number of ether oxygens (including phenoxy) is 1. The maximum absolute atomic E-state index is 13.7. The summed E-state index contributed by atoms with van der Waals surface area (Å²) in [7, 11) is 1.55. The van der Waals surface area contributed by atoms with Gasteiger partial charge in [-0.1, -0.05) is 35.9 Å². The predicted octanol–water partition coefficient (Wildman–Crippen LogP) is 4.15. The van der Waals surface area contributed by atoms with E-state index in [4.69, 9.17) is 16.3 Å². The molecule has 2 aromatic rings. The van der Waals surface area contributed by atoms with Crippen molar-refractivity contribution in [2.75, 3.05) is 7.11 Å². The van der Waals surface area contributed by atoms with E-state index in [1.54, 1.807) is 31.4 Å². The third-order valence-corrected chi connectivity index (χ3v) is 2.65. The van der Waals surface area contributed by atoms with Gasteiger partial charge in [0.25, 0.3) is 0 Å². The van der Waals surface area contributed by atoms with Gasteiger partial charge in [0.1, 0.15) is 11.6 Å². The van der Waals surface area contributed by atoms with Crippen molar-refractivity contribution in [3.8, 4) is 16.9 Å². The number of hydrogen-bond donors (Lipinski definition) is 0. The first-order valence-corrected chi connectivity index (χ1v) is 5.19. The lowest BCUT2D eigenvalue weighted by Gasteiger charge is -2.10. The van der Waals surface area contributed by atoms with Crippen LogP contribution in [-0.2, 0) is 0 Å². The van der Waals surface area contributed by atoms with Crippen LogP contribution in [0, 0.1) is 5.82 Å². The summed E-state index contributed by atoms with van der Waals surface area (Å²) in [6.07, 6.45) is 0. The van der Waals surface area contributed by atoms with Crippen LogP contribution >= 0.6 is 11.6 Å². The molecule has 0 spiro atoms. The van der Waals surface area contributed by atoms with Gasteiger partial charge in [0.2, 0.25) is 0 Å². The molecule has 0 bridgehead atoms. The minimum Gasteiger partial charge on any atom is -0.496 e. The third-order valence-electron chi connectivity index (χ3n) is 2.34. The van der Waals surface area contributed by atoms with Crippen molar-refractivity contribution < 1.29 is 9.13 Å². The highest BCUT2D eigenvalue weighted by atomic mass is 35.5. The summed E-state index contributed by atoms with van der Waals surface area (Å²) in [6, 6.07) is 11.8. The Morgan fingerprint density at radius 1 is 1.06 bits per heavy atom. The molecule has 0 aromatic heterocycles. The molecular formula is C13H10ClFO. The van der Waals surface area contributed by atoms with Crippen molar-refractivity contribution in [2.45, 2.75) is 0 Å². The van der Waals surface area contributed by atoms with Crippen molar-refractivity contribution in [3.63, 3.8) is 0 Å². The molecule has 0 saturated heterocycles. The van der Waals surface area contributed by atoms with Crippen molar-refractivity contribution in [2.24, 2.45) is 0 Å². The number of para-hydroxylation sites is 1. The molecule has 0 aliphatic carbocycles. The molecule has 0 aliphatic rings. The second-order valence-electron chi connectivity index (χ2n) is 3.30. The van der Waals surface area contributed by atoms with E-state index >= 15 is 0 Å². The van der Waals surface area contributed by atoms with Crippen molar-refractivity contribution >= 4 is 11.6 Å². The molecule has 16 heavy (non-hydrogen) atoms. The molecule has 1 nitrogen and oxygen atoms in total.